The van der Waals surface area contributed by atoms with Gasteiger partial charge in [-0.2, -0.15) is 0 Å². The summed E-state index contributed by atoms with van der Waals surface area (Å²) in [5.74, 6) is 0.396. The second-order valence-electron chi connectivity index (χ2n) is 4.25. The van der Waals surface area contributed by atoms with E-state index in [0.29, 0.717) is 26.8 Å². The molecule has 0 aliphatic heterocycles. The van der Waals surface area contributed by atoms with Crippen molar-refractivity contribution in [2.75, 3.05) is 0 Å². The lowest BCUT2D eigenvalue weighted by Gasteiger charge is -2.13. The number of benzene rings is 1. The van der Waals surface area contributed by atoms with Gasteiger partial charge in [0.2, 0.25) is 5.88 Å². The minimum atomic E-state index is -0.393. The molecule has 1 heterocycles. The Morgan fingerprint density at radius 2 is 2.00 bits per heavy atom. The van der Waals surface area contributed by atoms with Crippen LogP contribution in [0.4, 0.5) is 4.39 Å². The van der Waals surface area contributed by atoms with Gasteiger partial charge in [0.15, 0.2) is 0 Å². The second kappa shape index (κ2) is 5.84. The lowest BCUT2D eigenvalue weighted by atomic mass is 10.1. The lowest BCUT2D eigenvalue weighted by molar-refractivity contribution is 0.446. The smallest absolute Gasteiger partial charge is 0.227 e. The van der Waals surface area contributed by atoms with E-state index in [9.17, 15) is 4.39 Å². The van der Waals surface area contributed by atoms with E-state index in [4.69, 9.17) is 16.3 Å². The van der Waals surface area contributed by atoms with Gasteiger partial charge < -0.3 is 4.74 Å². The van der Waals surface area contributed by atoms with Gasteiger partial charge in [-0.3, -0.25) is 0 Å². The van der Waals surface area contributed by atoms with Crippen LogP contribution in [-0.2, 0) is 0 Å². The van der Waals surface area contributed by atoms with E-state index in [1.54, 1.807) is 6.07 Å². The number of ether oxygens (including phenoxy) is 1. The Bertz CT molecular complexity index is 587. The van der Waals surface area contributed by atoms with Crippen LogP contribution < -0.4 is 4.74 Å². The molecule has 1 aromatic carbocycles. The molecule has 100 valence electrons. The fourth-order valence-corrected chi connectivity index (χ4v) is 2.41. The number of nitrogens with zero attached hydrogens (tertiary/aromatic N) is 2. The molecule has 0 bridgehead atoms. The Morgan fingerprint density at radius 3 is 2.63 bits per heavy atom. The minimum absolute atomic E-state index is 0.0979. The summed E-state index contributed by atoms with van der Waals surface area (Å²) < 4.78 is 19.5. The van der Waals surface area contributed by atoms with Crippen molar-refractivity contribution in [3.8, 4) is 11.6 Å². The number of hydrogen-bond acceptors (Lipinski definition) is 3. The molecule has 1 aromatic heterocycles. The molecule has 0 fully saturated rings. The summed E-state index contributed by atoms with van der Waals surface area (Å²) in [4.78, 5) is 7.99. The summed E-state index contributed by atoms with van der Waals surface area (Å²) in [6, 6.07) is 4.29. The molecule has 19 heavy (non-hydrogen) atoms. The summed E-state index contributed by atoms with van der Waals surface area (Å²) in [6.45, 7) is 3.91. The van der Waals surface area contributed by atoms with Gasteiger partial charge in [-0.05, 0) is 18.1 Å². The second-order valence-corrected chi connectivity index (χ2v) is 5.52. The van der Waals surface area contributed by atoms with E-state index >= 15 is 0 Å². The third kappa shape index (κ3) is 3.42. The van der Waals surface area contributed by atoms with E-state index in [1.807, 2.05) is 13.8 Å². The summed E-state index contributed by atoms with van der Waals surface area (Å²) in [5, 5.41) is 0.343. The van der Waals surface area contributed by atoms with Crippen LogP contribution in [0.2, 0.25) is 5.15 Å². The van der Waals surface area contributed by atoms with Crippen molar-refractivity contribution in [1.29, 1.82) is 0 Å². The van der Waals surface area contributed by atoms with Crippen molar-refractivity contribution in [3.63, 3.8) is 0 Å². The third-order valence-electron chi connectivity index (χ3n) is 2.43. The van der Waals surface area contributed by atoms with Crippen LogP contribution in [-0.4, -0.2) is 9.97 Å². The van der Waals surface area contributed by atoms with Gasteiger partial charge in [-0.1, -0.05) is 41.4 Å². The van der Waals surface area contributed by atoms with Gasteiger partial charge in [0, 0.05) is 10.5 Å². The highest BCUT2D eigenvalue weighted by Gasteiger charge is 2.16. The van der Waals surface area contributed by atoms with Crippen molar-refractivity contribution in [3.05, 3.63) is 45.5 Å². The maximum Gasteiger partial charge on any atom is 0.227 e. The van der Waals surface area contributed by atoms with Crippen LogP contribution in [0, 0.1) is 5.82 Å². The molecule has 2 rings (SSSR count). The zero-order valence-corrected chi connectivity index (χ0v) is 12.7. The molecule has 0 unspecified atom stereocenters. The van der Waals surface area contributed by atoms with E-state index in [1.165, 1.54) is 18.5 Å². The van der Waals surface area contributed by atoms with Gasteiger partial charge >= 0.3 is 0 Å². The Kier molecular flexibility index (Phi) is 4.37. The fraction of sp³-hybridized carbons (Fsp3) is 0.231. The predicted octanol–water partition coefficient (Wildman–Crippen LogP) is 4.95. The average Bonchev–Trinajstić information content (AvgIpc) is 2.26. The summed E-state index contributed by atoms with van der Waals surface area (Å²) in [7, 11) is 0. The van der Waals surface area contributed by atoms with E-state index in [0.717, 1.165) is 0 Å². The number of halogens is 3. The maximum atomic E-state index is 13.3. The van der Waals surface area contributed by atoms with Crippen molar-refractivity contribution in [1.82, 2.24) is 9.97 Å². The molecule has 3 nitrogen and oxygen atoms in total. The molecule has 2 aromatic rings. The molecule has 0 amide bonds. The first-order valence-electron chi connectivity index (χ1n) is 5.61. The third-order valence-corrected chi connectivity index (χ3v) is 3.19. The van der Waals surface area contributed by atoms with Crippen LogP contribution in [0.1, 0.15) is 25.3 Å². The molecular formula is C13H11BrClFN2O. The topological polar surface area (TPSA) is 35.0 Å². The normalized spacial score (nSPS) is 10.8. The largest absolute Gasteiger partial charge is 0.438 e. The molecule has 0 saturated carbocycles. The van der Waals surface area contributed by atoms with E-state index in [-0.39, 0.29) is 5.92 Å². The lowest BCUT2D eigenvalue weighted by Crippen LogP contribution is -1.99. The minimum Gasteiger partial charge on any atom is -0.438 e. The first-order chi connectivity index (χ1) is 8.97. The first kappa shape index (κ1) is 14.2. The Morgan fingerprint density at radius 1 is 1.26 bits per heavy atom. The van der Waals surface area contributed by atoms with E-state index in [2.05, 4.69) is 25.9 Å². The first-order valence-corrected chi connectivity index (χ1v) is 6.79. The van der Waals surface area contributed by atoms with Gasteiger partial charge in [0.05, 0.1) is 5.56 Å². The summed E-state index contributed by atoms with van der Waals surface area (Å²) >= 11 is 9.25. The Balaban J connectivity index is 2.40. The zero-order chi connectivity index (χ0) is 14.0. The molecule has 0 radical (unpaired) electrons. The Hall–Kier alpha value is -1.20. The van der Waals surface area contributed by atoms with Crippen molar-refractivity contribution >= 4 is 27.5 Å². The highest BCUT2D eigenvalue weighted by molar-refractivity contribution is 9.10. The molecule has 0 aliphatic carbocycles. The van der Waals surface area contributed by atoms with Gasteiger partial charge in [0.25, 0.3) is 0 Å². The molecule has 0 saturated heterocycles. The van der Waals surface area contributed by atoms with Gasteiger partial charge in [-0.15, -0.1) is 0 Å². The van der Waals surface area contributed by atoms with Crippen molar-refractivity contribution in [2.45, 2.75) is 19.8 Å². The number of aromatic nitrogens is 2. The van der Waals surface area contributed by atoms with Crippen LogP contribution in [0.3, 0.4) is 0 Å². The predicted molar refractivity (Wildman–Crippen MR) is 75.3 cm³/mol. The van der Waals surface area contributed by atoms with Crippen LogP contribution in [0.25, 0.3) is 0 Å². The van der Waals surface area contributed by atoms with E-state index < -0.39 is 5.82 Å². The quantitative estimate of drug-likeness (QED) is 0.738. The zero-order valence-electron chi connectivity index (χ0n) is 10.3. The highest BCUT2D eigenvalue weighted by Crippen LogP contribution is 2.33. The monoisotopic (exact) mass is 344 g/mol. The van der Waals surface area contributed by atoms with Crippen molar-refractivity contribution in [2.24, 2.45) is 0 Å². The SMILES string of the molecule is CC(C)c1c(Cl)ncnc1Oc1cc(F)cc(Br)c1. The van der Waals surface area contributed by atoms with Crippen LogP contribution in [0.15, 0.2) is 29.0 Å². The molecule has 0 atom stereocenters. The number of rotatable bonds is 3. The van der Waals surface area contributed by atoms with Crippen LogP contribution in [0.5, 0.6) is 11.6 Å². The molecule has 0 spiro atoms. The highest BCUT2D eigenvalue weighted by atomic mass is 79.9. The van der Waals surface area contributed by atoms with Gasteiger partial charge in [-0.25, -0.2) is 14.4 Å². The maximum absolute atomic E-state index is 13.3. The summed E-state index contributed by atoms with van der Waals surface area (Å²) in [6.07, 6.45) is 1.32. The van der Waals surface area contributed by atoms with Crippen LogP contribution >= 0.6 is 27.5 Å². The molecule has 0 aliphatic rings. The van der Waals surface area contributed by atoms with Crippen molar-refractivity contribution < 1.29 is 9.13 Å². The Labute approximate surface area is 123 Å². The molecule has 0 N–H and O–H groups in total. The van der Waals surface area contributed by atoms with Gasteiger partial charge in [0.1, 0.15) is 23.0 Å². The standard InChI is InChI=1S/C13H11BrClFN2O/c1-7(2)11-12(15)17-6-18-13(11)19-10-4-8(14)3-9(16)5-10/h3-7H,1-2H3. The molecule has 6 heteroatoms. The fourth-order valence-electron chi connectivity index (χ4n) is 1.62. The average molecular weight is 346 g/mol. The molecular weight excluding hydrogens is 335 g/mol. The number of hydrogen-bond donors (Lipinski definition) is 0. The summed E-state index contributed by atoms with van der Waals surface area (Å²) in [5.41, 5.74) is 0.699.